The zero-order chi connectivity index (χ0) is 14.0. The van der Waals surface area contributed by atoms with Crippen molar-refractivity contribution in [3.63, 3.8) is 0 Å². The Morgan fingerprint density at radius 3 is 2.37 bits per heavy atom. The van der Waals surface area contributed by atoms with E-state index in [2.05, 4.69) is 25.9 Å². The summed E-state index contributed by atoms with van der Waals surface area (Å²) in [4.78, 5) is 8.58. The lowest BCUT2D eigenvalue weighted by atomic mass is 10.1. The topological polar surface area (TPSA) is 35.0 Å². The van der Waals surface area contributed by atoms with Crippen LogP contribution in [-0.4, -0.2) is 9.97 Å². The Bertz CT molecular complexity index is 593. The molecule has 0 fully saturated rings. The molecule has 0 atom stereocenters. The highest BCUT2D eigenvalue weighted by Crippen LogP contribution is 2.29. The van der Waals surface area contributed by atoms with Gasteiger partial charge in [-0.25, -0.2) is 4.98 Å². The number of aryl methyl sites for hydroxylation is 3. The summed E-state index contributed by atoms with van der Waals surface area (Å²) in [5, 5.41) is 0.769. The van der Waals surface area contributed by atoms with Crippen molar-refractivity contribution in [1.29, 1.82) is 0 Å². The Hall–Kier alpha value is -1.13. The van der Waals surface area contributed by atoms with E-state index >= 15 is 0 Å². The molecule has 100 valence electrons. The Morgan fingerprint density at radius 2 is 1.79 bits per heavy atom. The standard InChI is InChI=1S/C14H14BrClN2O/c1-4-12-17-11(15)7-13(18-12)19-10-5-8(2)14(16)9(3)6-10/h5-7H,4H2,1-3H3. The Balaban J connectivity index is 2.33. The van der Waals surface area contributed by atoms with Crippen molar-refractivity contribution >= 4 is 27.5 Å². The van der Waals surface area contributed by atoms with Gasteiger partial charge < -0.3 is 4.74 Å². The van der Waals surface area contributed by atoms with Crippen LogP contribution in [-0.2, 0) is 6.42 Å². The minimum atomic E-state index is 0.528. The summed E-state index contributed by atoms with van der Waals surface area (Å²) in [6.07, 6.45) is 0.758. The lowest BCUT2D eigenvalue weighted by molar-refractivity contribution is 0.457. The van der Waals surface area contributed by atoms with Gasteiger partial charge in [0.2, 0.25) is 5.88 Å². The molecule has 3 nitrogen and oxygen atoms in total. The lowest BCUT2D eigenvalue weighted by Crippen LogP contribution is -1.97. The highest BCUT2D eigenvalue weighted by molar-refractivity contribution is 9.10. The number of hydrogen-bond acceptors (Lipinski definition) is 3. The van der Waals surface area contributed by atoms with Crippen molar-refractivity contribution in [3.8, 4) is 11.6 Å². The van der Waals surface area contributed by atoms with E-state index in [1.165, 1.54) is 0 Å². The summed E-state index contributed by atoms with van der Waals surface area (Å²) in [5.41, 5.74) is 1.97. The number of halogens is 2. The van der Waals surface area contributed by atoms with Gasteiger partial charge in [-0.2, -0.15) is 4.98 Å². The third-order valence-corrected chi connectivity index (χ3v) is 3.67. The van der Waals surface area contributed by atoms with E-state index in [1.807, 2.05) is 32.9 Å². The van der Waals surface area contributed by atoms with Gasteiger partial charge in [-0.05, 0) is 53.0 Å². The van der Waals surface area contributed by atoms with Gasteiger partial charge in [-0.3, -0.25) is 0 Å². The summed E-state index contributed by atoms with van der Waals surface area (Å²) in [7, 11) is 0. The largest absolute Gasteiger partial charge is 0.439 e. The highest BCUT2D eigenvalue weighted by Gasteiger charge is 2.07. The molecule has 1 aromatic carbocycles. The molecule has 2 rings (SSSR count). The molecule has 0 N–H and O–H groups in total. The molecule has 0 saturated carbocycles. The molecular formula is C14H14BrClN2O. The molecule has 0 radical (unpaired) electrons. The average molecular weight is 342 g/mol. The van der Waals surface area contributed by atoms with E-state index in [-0.39, 0.29) is 0 Å². The molecule has 0 saturated heterocycles. The van der Waals surface area contributed by atoms with E-state index in [1.54, 1.807) is 6.07 Å². The molecular weight excluding hydrogens is 328 g/mol. The second-order valence-corrected chi connectivity index (χ2v) is 5.46. The van der Waals surface area contributed by atoms with E-state index < -0.39 is 0 Å². The van der Waals surface area contributed by atoms with Gasteiger partial charge in [0, 0.05) is 17.5 Å². The molecule has 1 heterocycles. The fourth-order valence-corrected chi connectivity index (χ4v) is 2.25. The summed E-state index contributed by atoms with van der Waals surface area (Å²) in [5.74, 6) is 2.00. The number of ether oxygens (including phenoxy) is 1. The van der Waals surface area contributed by atoms with Gasteiger partial charge in [-0.15, -0.1) is 0 Å². The molecule has 2 aromatic rings. The minimum absolute atomic E-state index is 0.528. The molecule has 1 aromatic heterocycles. The van der Waals surface area contributed by atoms with Crippen molar-refractivity contribution in [3.05, 3.63) is 44.8 Å². The maximum atomic E-state index is 6.14. The molecule has 0 spiro atoms. The van der Waals surface area contributed by atoms with Crippen LogP contribution < -0.4 is 4.74 Å². The number of rotatable bonds is 3. The van der Waals surface area contributed by atoms with Crippen LogP contribution in [0.2, 0.25) is 5.02 Å². The van der Waals surface area contributed by atoms with Gasteiger partial charge in [0.05, 0.1) is 0 Å². The SMILES string of the molecule is CCc1nc(Br)cc(Oc2cc(C)c(Cl)c(C)c2)n1. The van der Waals surface area contributed by atoms with Crippen LogP contribution in [0.15, 0.2) is 22.8 Å². The van der Waals surface area contributed by atoms with Gasteiger partial charge in [0.15, 0.2) is 0 Å². The van der Waals surface area contributed by atoms with Crippen LogP contribution in [0.5, 0.6) is 11.6 Å². The molecule has 0 aliphatic heterocycles. The first-order valence-corrected chi connectivity index (χ1v) is 7.14. The predicted molar refractivity (Wildman–Crippen MR) is 80.1 cm³/mol. The first-order chi connectivity index (χ1) is 8.99. The molecule has 0 aliphatic rings. The first kappa shape index (κ1) is 14.3. The van der Waals surface area contributed by atoms with Crippen LogP contribution in [0, 0.1) is 13.8 Å². The molecule has 0 unspecified atom stereocenters. The molecule has 5 heteroatoms. The van der Waals surface area contributed by atoms with Crippen molar-refractivity contribution in [1.82, 2.24) is 9.97 Å². The zero-order valence-electron chi connectivity index (χ0n) is 11.0. The van der Waals surface area contributed by atoms with Gasteiger partial charge in [-0.1, -0.05) is 18.5 Å². The van der Waals surface area contributed by atoms with Crippen molar-refractivity contribution in [2.24, 2.45) is 0 Å². The molecule has 0 bridgehead atoms. The molecule has 0 aliphatic carbocycles. The zero-order valence-corrected chi connectivity index (χ0v) is 13.3. The van der Waals surface area contributed by atoms with Crippen LogP contribution >= 0.6 is 27.5 Å². The Labute approximate surface area is 126 Å². The fourth-order valence-electron chi connectivity index (χ4n) is 1.74. The van der Waals surface area contributed by atoms with Crippen LogP contribution in [0.4, 0.5) is 0 Å². The van der Waals surface area contributed by atoms with Crippen LogP contribution in [0.25, 0.3) is 0 Å². The van der Waals surface area contributed by atoms with Crippen molar-refractivity contribution < 1.29 is 4.74 Å². The average Bonchev–Trinajstić information content (AvgIpc) is 2.35. The first-order valence-electron chi connectivity index (χ1n) is 5.97. The van der Waals surface area contributed by atoms with Crippen molar-refractivity contribution in [2.45, 2.75) is 27.2 Å². The fraction of sp³-hybridized carbons (Fsp3) is 0.286. The summed E-state index contributed by atoms with van der Waals surface area (Å²) in [6, 6.07) is 5.55. The van der Waals surface area contributed by atoms with E-state index in [0.29, 0.717) is 5.88 Å². The number of aromatic nitrogens is 2. The third kappa shape index (κ3) is 3.45. The molecule has 0 amide bonds. The Morgan fingerprint density at radius 1 is 1.16 bits per heavy atom. The van der Waals surface area contributed by atoms with Crippen molar-refractivity contribution in [2.75, 3.05) is 0 Å². The quantitative estimate of drug-likeness (QED) is 0.747. The number of hydrogen-bond donors (Lipinski definition) is 0. The summed E-state index contributed by atoms with van der Waals surface area (Å²) >= 11 is 9.49. The Kier molecular flexibility index (Phi) is 4.42. The normalized spacial score (nSPS) is 10.6. The van der Waals surface area contributed by atoms with E-state index in [4.69, 9.17) is 16.3 Å². The predicted octanol–water partition coefficient (Wildman–Crippen LogP) is 4.86. The number of benzene rings is 1. The van der Waals surface area contributed by atoms with Crippen LogP contribution in [0.3, 0.4) is 0 Å². The lowest BCUT2D eigenvalue weighted by Gasteiger charge is -2.09. The third-order valence-electron chi connectivity index (χ3n) is 2.67. The second-order valence-electron chi connectivity index (χ2n) is 4.27. The summed E-state index contributed by atoms with van der Waals surface area (Å²) < 4.78 is 6.50. The maximum absolute atomic E-state index is 6.14. The molecule has 19 heavy (non-hydrogen) atoms. The van der Waals surface area contributed by atoms with Gasteiger partial charge in [0.25, 0.3) is 0 Å². The van der Waals surface area contributed by atoms with Crippen LogP contribution in [0.1, 0.15) is 23.9 Å². The van der Waals surface area contributed by atoms with E-state index in [0.717, 1.165) is 38.7 Å². The van der Waals surface area contributed by atoms with E-state index in [9.17, 15) is 0 Å². The number of nitrogens with zero attached hydrogens (tertiary/aromatic N) is 2. The minimum Gasteiger partial charge on any atom is -0.439 e. The maximum Gasteiger partial charge on any atom is 0.223 e. The summed E-state index contributed by atoms with van der Waals surface area (Å²) in [6.45, 7) is 5.91. The smallest absolute Gasteiger partial charge is 0.223 e. The van der Waals surface area contributed by atoms with Gasteiger partial charge >= 0.3 is 0 Å². The highest BCUT2D eigenvalue weighted by atomic mass is 79.9. The monoisotopic (exact) mass is 340 g/mol. The second kappa shape index (κ2) is 5.88. The van der Waals surface area contributed by atoms with Gasteiger partial charge in [0.1, 0.15) is 16.2 Å².